The molecule has 4 N–H and O–H groups in total. The molecule has 8 heteroatoms. The van der Waals surface area contributed by atoms with Crippen LogP contribution in [0.3, 0.4) is 0 Å². The van der Waals surface area contributed by atoms with Gasteiger partial charge in [0, 0.05) is 25.2 Å². The molecule has 2 aliphatic rings. The van der Waals surface area contributed by atoms with Crippen LogP contribution in [-0.2, 0) is 9.59 Å². The number of aryl methyl sites for hydroxylation is 2. The van der Waals surface area contributed by atoms with Crippen molar-refractivity contribution in [3.05, 3.63) is 34.9 Å². The van der Waals surface area contributed by atoms with Crippen LogP contribution >= 0.6 is 0 Å². The van der Waals surface area contributed by atoms with Crippen LogP contribution in [0.25, 0.3) is 0 Å². The van der Waals surface area contributed by atoms with E-state index in [1.165, 1.54) is 6.42 Å². The van der Waals surface area contributed by atoms with Crippen molar-refractivity contribution in [2.75, 3.05) is 34.4 Å². The molecule has 1 aromatic heterocycles. The average Bonchev–Trinajstić information content (AvgIpc) is 2.70. The van der Waals surface area contributed by atoms with Gasteiger partial charge in [-0.25, -0.2) is 0 Å². The molecule has 152 valence electrons. The summed E-state index contributed by atoms with van der Waals surface area (Å²) >= 11 is 0. The van der Waals surface area contributed by atoms with Crippen molar-refractivity contribution in [3.63, 3.8) is 0 Å². The Hall–Kier alpha value is -3.16. The zero-order valence-electron chi connectivity index (χ0n) is 16.8. The topological polar surface area (TPSA) is 113 Å². The van der Waals surface area contributed by atoms with Crippen molar-refractivity contribution >= 4 is 35.1 Å². The van der Waals surface area contributed by atoms with Gasteiger partial charge in [0.2, 0.25) is 17.8 Å². The van der Waals surface area contributed by atoms with Gasteiger partial charge in [-0.1, -0.05) is 12.1 Å². The number of hydrogen-bond acceptors (Lipinski definition) is 6. The molecule has 0 saturated carbocycles. The van der Waals surface area contributed by atoms with Gasteiger partial charge in [-0.2, -0.15) is 9.97 Å². The summed E-state index contributed by atoms with van der Waals surface area (Å²) < 4.78 is 0. The van der Waals surface area contributed by atoms with Gasteiger partial charge < -0.3 is 21.3 Å². The highest BCUT2D eigenvalue weighted by molar-refractivity contribution is 6.05. The highest BCUT2D eigenvalue weighted by atomic mass is 16.2. The summed E-state index contributed by atoms with van der Waals surface area (Å²) in [5.74, 6) is -0.157. The first-order valence-electron chi connectivity index (χ1n) is 10.0. The van der Waals surface area contributed by atoms with Crippen molar-refractivity contribution in [3.8, 4) is 0 Å². The Morgan fingerprint density at radius 3 is 2.72 bits per heavy atom. The van der Waals surface area contributed by atoms with Crippen molar-refractivity contribution < 1.29 is 9.59 Å². The summed E-state index contributed by atoms with van der Waals surface area (Å²) in [6.07, 6.45) is 3.36. The minimum absolute atomic E-state index is 0.0142. The lowest BCUT2D eigenvalue weighted by molar-refractivity contribution is -0.123. The molecule has 0 radical (unpaired) electrons. The average molecular weight is 394 g/mol. The molecule has 0 bridgehead atoms. The first-order valence-corrected chi connectivity index (χ1v) is 10.0. The maximum Gasteiger partial charge on any atom is 0.232 e. The second-order valence-corrected chi connectivity index (χ2v) is 7.83. The van der Waals surface area contributed by atoms with Gasteiger partial charge in [0.15, 0.2) is 0 Å². The van der Waals surface area contributed by atoms with E-state index in [-0.39, 0.29) is 24.1 Å². The van der Waals surface area contributed by atoms with Gasteiger partial charge in [0.25, 0.3) is 0 Å². The van der Waals surface area contributed by atoms with Crippen LogP contribution < -0.4 is 21.3 Å². The van der Waals surface area contributed by atoms with Crippen LogP contribution in [0, 0.1) is 13.8 Å². The first kappa shape index (κ1) is 19.2. The summed E-state index contributed by atoms with van der Waals surface area (Å²) in [6.45, 7) is 5.62. The van der Waals surface area contributed by atoms with Crippen LogP contribution in [0.2, 0.25) is 0 Å². The van der Waals surface area contributed by atoms with E-state index in [2.05, 4.69) is 25.5 Å². The molecular formula is C21H26N6O2. The molecule has 2 aromatic rings. The number of anilines is 4. The molecule has 2 aliphatic heterocycles. The van der Waals surface area contributed by atoms with E-state index in [1.54, 1.807) is 0 Å². The summed E-state index contributed by atoms with van der Waals surface area (Å²) in [7, 11) is 0. The summed E-state index contributed by atoms with van der Waals surface area (Å²) in [6, 6.07) is 5.85. The number of hydrogen-bond donors (Lipinski definition) is 3. The molecule has 8 nitrogen and oxygen atoms in total. The van der Waals surface area contributed by atoms with Gasteiger partial charge >= 0.3 is 0 Å². The van der Waals surface area contributed by atoms with E-state index in [9.17, 15) is 9.59 Å². The maximum absolute atomic E-state index is 13.1. The minimum atomic E-state index is -0.728. The van der Waals surface area contributed by atoms with E-state index < -0.39 is 5.92 Å². The van der Waals surface area contributed by atoms with Crippen LogP contribution in [0.4, 0.5) is 23.3 Å². The zero-order chi connectivity index (χ0) is 20.5. The second-order valence-electron chi connectivity index (χ2n) is 7.83. The zero-order valence-corrected chi connectivity index (χ0v) is 16.8. The molecule has 3 heterocycles. The predicted molar refractivity (Wildman–Crippen MR) is 113 cm³/mol. The third kappa shape index (κ3) is 3.87. The van der Waals surface area contributed by atoms with E-state index in [0.29, 0.717) is 17.3 Å². The predicted octanol–water partition coefficient (Wildman–Crippen LogP) is 2.73. The molecule has 29 heavy (non-hydrogen) atoms. The van der Waals surface area contributed by atoms with Crippen molar-refractivity contribution in [2.24, 2.45) is 0 Å². The lowest BCUT2D eigenvalue weighted by Crippen LogP contribution is -2.35. The largest absolute Gasteiger partial charge is 0.383 e. The Bertz CT molecular complexity index is 968. The highest BCUT2D eigenvalue weighted by Gasteiger charge is 2.35. The molecule has 0 aliphatic carbocycles. The highest BCUT2D eigenvalue weighted by Crippen LogP contribution is 2.37. The third-order valence-electron chi connectivity index (χ3n) is 5.57. The lowest BCUT2D eigenvalue weighted by Gasteiger charge is -2.30. The molecule has 4 rings (SSSR count). The third-order valence-corrected chi connectivity index (χ3v) is 5.57. The second kappa shape index (κ2) is 7.69. The number of nitrogens with two attached hydrogens (primary N) is 1. The van der Waals surface area contributed by atoms with Crippen molar-refractivity contribution in [1.29, 1.82) is 0 Å². The summed E-state index contributed by atoms with van der Waals surface area (Å²) in [5, 5.41) is 5.72. The van der Waals surface area contributed by atoms with Gasteiger partial charge in [0.1, 0.15) is 11.6 Å². The molecule has 1 atom stereocenters. The molecule has 1 aromatic carbocycles. The summed E-state index contributed by atoms with van der Waals surface area (Å²) in [4.78, 5) is 36.5. The number of fused-ring (bicyclic) bond motifs is 1. The number of nitrogens with one attached hydrogen (secondary N) is 2. The van der Waals surface area contributed by atoms with E-state index in [0.717, 1.165) is 42.7 Å². The van der Waals surface area contributed by atoms with Gasteiger partial charge in [-0.3, -0.25) is 9.59 Å². The number of amides is 2. The van der Waals surface area contributed by atoms with Crippen LogP contribution in [0.5, 0.6) is 0 Å². The van der Waals surface area contributed by atoms with Crippen molar-refractivity contribution in [2.45, 2.75) is 45.4 Å². The van der Waals surface area contributed by atoms with Crippen molar-refractivity contribution in [1.82, 2.24) is 9.97 Å². The maximum atomic E-state index is 13.1. The van der Waals surface area contributed by atoms with Gasteiger partial charge in [-0.05, 0) is 50.3 Å². The number of nitrogens with zero attached hydrogens (tertiary/aromatic N) is 3. The van der Waals surface area contributed by atoms with Crippen LogP contribution in [-0.4, -0.2) is 34.9 Å². The van der Waals surface area contributed by atoms with Crippen LogP contribution in [0.15, 0.2) is 18.2 Å². The normalized spacial score (nSPS) is 18.8. The monoisotopic (exact) mass is 394 g/mol. The fourth-order valence-corrected chi connectivity index (χ4v) is 3.93. The molecule has 1 saturated heterocycles. The number of nitrogen functional groups attached to an aromatic ring is 1. The number of carbonyl (C=O) groups is 2. The first-order chi connectivity index (χ1) is 13.9. The number of carbonyl (C=O) groups excluding carboxylic acids is 2. The molecule has 1 fully saturated rings. The molecule has 1 unspecified atom stereocenters. The van der Waals surface area contributed by atoms with Crippen LogP contribution in [0.1, 0.15) is 48.3 Å². The Balaban J connectivity index is 1.65. The van der Waals surface area contributed by atoms with Gasteiger partial charge in [-0.15, -0.1) is 0 Å². The number of benzene rings is 1. The summed E-state index contributed by atoms with van der Waals surface area (Å²) in [5.41, 5.74) is 9.48. The molecule has 2 amide bonds. The fraction of sp³-hybridized carbons (Fsp3) is 0.429. The number of aromatic nitrogens is 2. The Kier molecular flexibility index (Phi) is 5.08. The fourth-order valence-electron chi connectivity index (χ4n) is 3.93. The van der Waals surface area contributed by atoms with E-state index in [4.69, 9.17) is 5.73 Å². The van der Waals surface area contributed by atoms with Gasteiger partial charge in [0.05, 0.1) is 11.5 Å². The van der Waals surface area contributed by atoms with E-state index >= 15 is 0 Å². The number of piperidine rings is 1. The standard InChI is InChI=1S/C21H26N6O2/c1-12-6-7-13(2)15(10-12)23-20(29)14-11-16(28)24-19-17(14)18(22)25-21(26-19)27-8-4-3-5-9-27/h6-7,10,14H,3-5,8-9,11H2,1-2H3,(H,23,29)(H3,22,24,25,26,28). The smallest absolute Gasteiger partial charge is 0.232 e. The molecule has 0 spiro atoms. The number of rotatable bonds is 3. The quantitative estimate of drug-likeness (QED) is 0.738. The molecular weight excluding hydrogens is 368 g/mol. The Labute approximate surface area is 169 Å². The Morgan fingerprint density at radius 2 is 1.97 bits per heavy atom. The SMILES string of the molecule is Cc1ccc(C)c(NC(=O)C2CC(=O)Nc3nc(N4CCCCC4)nc(N)c32)c1. The lowest BCUT2D eigenvalue weighted by atomic mass is 9.91. The minimum Gasteiger partial charge on any atom is -0.383 e. The Morgan fingerprint density at radius 1 is 1.21 bits per heavy atom. The van der Waals surface area contributed by atoms with E-state index in [1.807, 2.05) is 32.0 Å².